The van der Waals surface area contributed by atoms with Crippen LogP contribution in [0, 0.1) is 0 Å². The van der Waals surface area contributed by atoms with E-state index in [1.807, 2.05) is 60.7 Å². The minimum Gasteiger partial charge on any atom is -0.453 e. The first-order valence-electron chi connectivity index (χ1n) is 8.05. The number of ether oxygens (including phenoxy) is 3. The van der Waals surface area contributed by atoms with Gasteiger partial charge in [-0.3, -0.25) is 4.79 Å². The van der Waals surface area contributed by atoms with E-state index >= 15 is 0 Å². The van der Waals surface area contributed by atoms with Gasteiger partial charge in [0.2, 0.25) is 5.75 Å². The van der Waals surface area contributed by atoms with Crippen LogP contribution in [0.1, 0.15) is 13.3 Å². The van der Waals surface area contributed by atoms with Crippen molar-refractivity contribution in [1.29, 1.82) is 0 Å². The summed E-state index contributed by atoms with van der Waals surface area (Å²) in [4.78, 5) is 11.7. The summed E-state index contributed by atoms with van der Waals surface area (Å²) in [5, 5.41) is 0. The third-order valence-corrected chi connectivity index (χ3v) is 3.39. The van der Waals surface area contributed by atoms with E-state index in [9.17, 15) is 4.79 Å². The number of hydrogen-bond donors (Lipinski definition) is 0. The minimum absolute atomic E-state index is 0.272. The summed E-state index contributed by atoms with van der Waals surface area (Å²) in [7, 11) is 0. The molecule has 3 rings (SSSR count). The fourth-order valence-corrected chi connectivity index (χ4v) is 2.17. The first-order valence-corrected chi connectivity index (χ1v) is 8.05. The molecule has 0 spiro atoms. The molecule has 25 heavy (non-hydrogen) atoms. The zero-order valence-electron chi connectivity index (χ0n) is 13.8. The van der Waals surface area contributed by atoms with Crippen molar-refractivity contribution in [2.24, 2.45) is 0 Å². The predicted octanol–water partition coefficient (Wildman–Crippen LogP) is 5.59. The average Bonchev–Trinajstić information content (AvgIpc) is 2.66. The van der Waals surface area contributed by atoms with Gasteiger partial charge in [-0.2, -0.15) is 0 Å². The number of hydrogen-bond acceptors (Lipinski definition) is 4. The Morgan fingerprint density at radius 3 is 1.88 bits per heavy atom. The summed E-state index contributed by atoms with van der Waals surface area (Å²) in [5.41, 5.74) is 0. The number of carbonyl (C=O) groups excluding carboxylic acids is 1. The number of rotatable bonds is 6. The van der Waals surface area contributed by atoms with Gasteiger partial charge in [-0.15, -0.1) is 0 Å². The van der Waals surface area contributed by atoms with Gasteiger partial charge in [0.05, 0.1) is 0 Å². The zero-order valence-corrected chi connectivity index (χ0v) is 13.8. The number of benzene rings is 3. The van der Waals surface area contributed by atoms with E-state index in [0.29, 0.717) is 28.7 Å². The van der Waals surface area contributed by atoms with E-state index in [1.54, 1.807) is 25.1 Å². The van der Waals surface area contributed by atoms with Gasteiger partial charge in [-0.25, -0.2) is 0 Å². The molecule has 0 radical (unpaired) electrons. The van der Waals surface area contributed by atoms with Gasteiger partial charge < -0.3 is 14.2 Å². The highest BCUT2D eigenvalue weighted by Gasteiger charge is 2.16. The molecule has 0 heterocycles. The Hall–Kier alpha value is -3.27. The lowest BCUT2D eigenvalue weighted by molar-refractivity contribution is -0.134. The zero-order chi connectivity index (χ0) is 17.5. The Balaban J connectivity index is 1.97. The normalized spacial score (nSPS) is 10.1. The molecule has 126 valence electrons. The maximum Gasteiger partial charge on any atom is 0.311 e. The molecular formula is C21H18O4. The van der Waals surface area contributed by atoms with Crippen molar-refractivity contribution in [2.45, 2.75) is 13.3 Å². The highest BCUT2D eigenvalue weighted by Crippen LogP contribution is 2.42. The third kappa shape index (κ3) is 4.38. The van der Waals surface area contributed by atoms with Crippen LogP contribution in [0.15, 0.2) is 78.9 Å². The van der Waals surface area contributed by atoms with E-state index in [2.05, 4.69) is 0 Å². The van der Waals surface area contributed by atoms with Crippen LogP contribution in [0.3, 0.4) is 0 Å². The minimum atomic E-state index is -0.338. The van der Waals surface area contributed by atoms with Gasteiger partial charge >= 0.3 is 5.97 Å². The predicted molar refractivity (Wildman–Crippen MR) is 95.4 cm³/mol. The molecule has 4 nitrogen and oxygen atoms in total. The Labute approximate surface area is 146 Å². The highest BCUT2D eigenvalue weighted by atomic mass is 16.6. The number of carbonyl (C=O) groups is 1. The highest BCUT2D eigenvalue weighted by molar-refractivity contribution is 5.73. The van der Waals surface area contributed by atoms with Crippen molar-refractivity contribution in [3.05, 3.63) is 78.9 Å². The van der Waals surface area contributed by atoms with Crippen LogP contribution in [0.2, 0.25) is 0 Å². The van der Waals surface area contributed by atoms with Crippen molar-refractivity contribution in [1.82, 2.24) is 0 Å². The molecule has 0 unspecified atom stereocenters. The monoisotopic (exact) mass is 334 g/mol. The maximum atomic E-state index is 11.7. The fraction of sp³-hybridized carbons (Fsp3) is 0.0952. The second kappa shape index (κ2) is 8.02. The Bertz CT molecular complexity index is 829. The lowest BCUT2D eigenvalue weighted by Gasteiger charge is -2.15. The van der Waals surface area contributed by atoms with Crippen molar-refractivity contribution in [2.75, 3.05) is 0 Å². The summed E-state index contributed by atoms with van der Waals surface area (Å²) >= 11 is 0. The summed E-state index contributed by atoms with van der Waals surface area (Å²) in [6, 6.07) is 23.9. The molecule has 3 aromatic carbocycles. The molecule has 0 saturated heterocycles. The summed E-state index contributed by atoms with van der Waals surface area (Å²) < 4.78 is 17.3. The first-order chi connectivity index (χ1) is 12.3. The van der Waals surface area contributed by atoms with E-state index in [0.717, 1.165) is 0 Å². The molecule has 3 aromatic rings. The number of esters is 1. The summed E-state index contributed by atoms with van der Waals surface area (Å²) in [6.45, 7) is 1.74. The van der Waals surface area contributed by atoms with Gasteiger partial charge in [0.1, 0.15) is 11.5 Å². The van der Waals surface area contributed by atoms with Crippen LogP contribution in [-0.2, 0) is 4.79 Å². The fourth-order valence-electron chi connectivity index (χ4n) is 2.17. The molecular weight excluding hydrogens is 316 g/mol. The molecule has 0 aliphatic carbocycles. The van der Waals surface area contributed by atoms with Gasteiger partial charge in [0.25, 0.3) is 0 Å². The van der Waals surface area contributed by atoms with Gasteiger partial charge in [-0.1, -0.05) is 49.4 Å². The summed E-state index contributed by atoms with van der Waals surface area (Å²) in [5.74, 6) is 2.11. The molecule has 0 aliphatic rings. The molecule has 0 atom stereocenters. The average molecular weight is 334 g/mol. The van der Waals surface area contributed by atoms with Crippen molar-refractivity contribution >= 4 is 5.97 Å². The molecule has 0 aliphatic heterocycles. The second-order valence-corrected chi connectivity index (χ2v) is 5.24. The molecule has 0 amide bonds. The van der Waals surface area contributed by atoms with Crippen LogP contribution in [0.5, 0.6) is 28.7 Å². The third-order valence-electron chi connectivity index (χ3n) is 3.39. The second-order valence-electron chi connectivity index (χ2n) is 5.24. The van der Waals surface area contributed by atoms with Gasteiger partial charge in [0, 0.05) is 6.42 Å². The quantitative estimate of drug-likeness (QED) is 0.435. The van der Waals surface area contributed by atoms with Crippen LogP contribution in [0.4, 0.5) is 0 Å². The maximum absolute atomic E-state index is 11.7. The van der Waals surface area contributed by atoms with Crippen LogP contribution in [0.25, 0.3) is 0 Å². The van der Waals surface area contributed by atoms with E-state index in [1.165, 1.54) is 0 Å². The Kier molecular flexibility index (Phi) is 5.32. The van der Waals surface area contributed by atoms with E-state index in [-0.39, 0.29) is 12.4 Å². The molecule has 0 saturated carbocycles. The van der Waals surface area contributed by atoms with E-state index < -0.39 is 0 Å². The SMILES string of the molecule is CCC(=O)Oc1cccc(Oc2ccccc2)c1Oc1ccccc1. The van der Waals surface area contributed by atoms with Crippen molar-refractivity contribution in [3.8, 4) is 28.7 Å². The smallest absolute Gasteiger partial charge is 0.311 e. The van der Waals surface area contributed by atoms with Crippen molar-refractivity contribution < 1.29 is 19.0 Å². The number of para-hydroxylation sites is 3. The van der Waals surface area contributed by atoms with Crippen LogP contribution in [-0.4, -0.2) is 5.97 Å². The summed E-state index contributed by atoms with van der Waals surface area (Å²) in [6.07, 6.45) is 0.272. The lowest BCUT2D eigenvalue weighted by atomic mass is 10.2. The van der Waals surface area contributed by atoms with Crippen LogP contribution >= 0.6 is 0 Å². The molecule has 0 aromatic heterocycles. The molecule has 0 N–H and O–H groups in total. The Morgan fingerprint density at radius 1 is 0.720 bits per heavy atom. The molecule has 4 heteroatoms. The Morgan fingerprint density at radius 2 is 1.28 bits per heavy atom. The lowest BCUT2D eigenvalue weighted by Crippen LogP contribution is -2.06. The van der Waals surface area contributed by atoms with E-state index in [4.69, 9.17) is 14.2 Å². The van der Waals surface area contributed by atoms with Gasteiger partial charge in [-0.05, 0) is 36.4 Å². The topological polar surface area (TPSA) is 44.8 Å². The van der Waals surface area contributed by atoms with Gasteiger partial charge in [0.15, 0.2) is 11.5 Å². The molecule has 0 bridgehead atoms. The van der Waals surface area contributed by atoms with Crippen LogP contribution < -0.4 is 14.2 Å². The molecule has 0 fully saturated rings. The van der Waals surface area contributed by atoms with Crippen molar-refractivity contribution in [3.63, 3.8) is 0 Å². The standard InChI is InChI=1S/C21H18O4/c1-2-20(22)25-19-15-9-14-18(23-16-10-5-3-6-11-16)21(19)24-17-12-7-4-8-13-17/h3-15H,2H2,1H3. The largest absolute Gasteiger partial charge is 0.453 e. The first kappa shape index (κ1) is 16.6.